The summed E-state index contributed by atoms with van der Waals surface area (Å²) in [6.45, 7) is 11.0. The van der Waals surface area contributed by atoms with E-state index < -0.39 is 0 Å². The van der Waals surface area contributed by atoms with Crippen molar-refractivity contribution in [3.8, 4) is 0 Å². The van der Waals surface area contributed by atoms with E-state index in [2.05, 4.69) is 66.3 Å². The molecule has 1 N–H and O–H groups in total. The van der Waals surface area contributed by atoms with Crippen molar-refractivity contribution in [2.24, 2.45) is 16.8 Å². The van der Waals surface area contributed by atoms with Crippen LogP contribution in [0.3, 0.4) is 0 Å². The van der Waals surface area contributed by atoms with E-state index in [0.717, 1.165) is 57.8 Å². The molecular weight excluding hydrogens is 475 g/mol. The molecule has 2 aliphatic rings. The number of benzene rings is 1. The van der Waals surface area contributed by atoms with Crippen LogP contribution in [0.1, 0.15) is 38.7 Å². The molecule has 1 aromatic carbocycles. The molecule has 2 atom stereocenters. The van der Waals surface area contributed by atoms with Gasteiger partial charge in [-0.25, -0.2) is 0 Å². The van der Waals surface area contributed by atoms with Gasteiger partial charge in [-0.1, -0.05) is 30.3 Å². The summed E-state index contributed by atoms with van der Waals surface area (Å²) in [5, 5.41) is 3.44. The van der Waals surface area contributed by atoms with E-state index in [1.54, 1.807) is 0 Å². The van der Waals surface area contributed by atoms with Crippen LogP contribution in [0.5, 0.6) is 0 Å². The molecule has 29 heavy (non-hydrogen) atoms. The monoisotopic (exact) mass is 514 g/mol. The standard InChI is InChI=1S/C23H38N4O.HI/c1-4-24-23(26(3)12-13-28-18-21-10-11-21)25-15-22-14-19(2)27(17-22)16-20-8-6-5-7-9-20;/h5-9,19,21-22H,4,10-18H2,1-3H3,(H,24,25);1H. The minimum atomic E-state index is 0. The molecule has 1 aliphatic heterocycles. The molecule has 0 spiro atoms. The van der Waals surface area contributed by atoms with Crippen molar-refractivity contribution in [1.29, 1.82) is 0 Å². The summed E-state index contributed by atoms with van der Waals surface area (Å²) < 4.78 is 5.79. The molecule has 6 heteroatoms. The van der Waals surface area contributed by atoms with E-state index in [9.17, 15) is 0 Å². The molecule has 1 saturated heterocycles. The van der Waals surface area contributed by atoms with Crippen LogP contribution in [0.15, 0.2) is 35.3 Å². The van der Waals surface area contributed by atoms with Crippen molar-refractivity contribution in [3.63, 3.8) is 0 Å². The Kier molecular flexibility index (Phi) is 10.7. The van der Waals surface area contributed by atoms with Gasteiger partial charge in [0, 0.05) is 52.4 Å². The van der Waals surface area contributed by atoms with E-state index in [-0.39, 0.29) is 24.0 Å². The fourth-order valence-corrected chi connectivity index (χ4v) is 3.92. The number of ether oxygens (including phenoxy) is 1. The molecule has 1 aliphatic carbocycles. The molecule has 1 saturated carbocycles. The lowest BCUT2D eigenvalue weighted by atomic mass is 10.1. The van der Waals surface area contributed by atoms with Gasteiger partial charge in [0.1, 0.15) is 0 Å². The highest BCUT2D eigenvalue weighted by Gasteiger charge is 2.28. The zero-order valence-electron chi connectivity index (χ0n) is 18.3. The topological polar surface area (TPSA) is 40.1 Å². The number of hydrogen-bond donors (Lipinski definition) is 1. The highest BCUT2D eigenvalue weighted by atomic mass is 127. The van der Waals surface area contributed by atoms with Crippen molar-refractivity contribution >= 4 is 29.9 Å². The van der Waals surface area contributed by atoms with Crippen LogP contribution in [0.2, 0.25) is 0 Å². The number of guanidine groups is 1. The maximum Gasteiger partial charge on any atom is 0.193 e. The maximum atomic E-state index is 5.79. The van der Waals surface area contributed by atoms with Gasteiger partial charge >= 0.3 is 0 Å². The van der Waals surface area contributed by atoms with Crippen LogP contribution < -0.4 is 5.32 Å². The van der Waals surface area contributed by atoms with Gasteiger partial charge in [-0.05, 0) is 50.5 Å². The first-order valence-corrected chi connectivity index (χ1v) is 11.0. The lowest BCUT2D eigenvalue weighted by Crippen LogP contribution is -2.41. The van der Waals surface area contributed by atoms with E-state index in [1.807, 2.05) is 0 Å². The molecule has 0 amide bonds. The van der Waals surface area contributed by atoms with Gasteiger partial charge in [-0.2, -0.15) is 0 Å². The Morgan fingerprint density at radius 1 is 1.24 bits per heavy atom. The average Bonchev–Trinajstić information content (AvgIpc) is 3.46. The smallest absolute Gasteiger partial charge is 0.193 e. The van der Waals surface area contributed by atoms with Gasteiger partial charge in [0.15, 0.2) is 5.96 Å². The molecule has 2 fully saturated rings. The molecule has 2 unspecified atom stereocenters. The van der Waals surface area contributed by atoms with E-state index in [1.165, 1.54) is 24.8 Å². The molecule has 1 heterocycles. The molecule has 0 aromatic heterocycles. The largest absolute Gasteiger partial charge is 0.379 e. The quantitative estimate of drug-likeness (QED) is 0.223. The summed E-state index contributed by atoms with van der Waals surface area (Å²) in [5.74, 6) is 2.47. The fourth-order valence-electron chi connectivity index (χ4n) is 3.92. The van der Waals surface area contributed by atoms with Gasteiger partial charge in [0.2, 0.25) is 0 Å². The van der Waals surface area contributed by atoms with Crippen LogP contribution in [-0.2, 0) is 11.3 Å². The lowest BCUT2D eigenvalue weighted by molar-refractivity contribution is 0.115. The van der Waals surface area contributed by atoms with Gasteiger partial charge in [-0.3, -0.25) is 9.89 Å². The molecule has 5 nitrogen and oxygen atoms in total. The number of halogens is 1. The Morgan fingerprint density at radius 2 is 2.00 bits per heavy atom. The molecule has 0 radical (unpaired) electrons. The summed E-state index contributed by atoms with van der Waals surface area (Å²) in [6, 6.07) is 11.4. The van der Waals surface area contributed by atoms with Gasteiger partial charge in [0.25, 0.3) is 0 Å². The van der Waals surface area contributed by atoms with Crippen molar-refractivity contribution in [2.75, 3.05) is 46.4 Å². The summed E-state index contributed by atoms with van der Waals surface area (Å²) in [7, 11) is 2.11. The number of likely N-dealkylation sites (N-methyl/N-ethyl adjacent to an activating group) is 1. The zero-order chi connectivity index (χ0) is 19.8. The van der Waals surface area contributed by atoms with Crippen molar-refractivity contribution in [3.05, 3.63) is 35.9 Å². The third kappa shape index (κ3) is 8.42. The second-order valence-corrected chi connectivity index (χ2v) is 8.50. The summed E-state index contributed by atoms with van der Waals surface area (Å²) in [4.78, 5) is 9.75. The van der Waals surface area contributed by atoms with E-state index >= 15 is 0 Å². The van der Waals surface area contributed by atoms with Gasteiger partial charge in [0.05, 0.1) is 6.61 Å². The second kappa shape index (κ2) is 12.7. The maximum absolute atomic E-state index is 5.79. The van der Waals surface area contributed by atoms with Crippen LogP contribution in [0.4, 0.5) is 0 Å². The molecule has 3 rings (SSSR count). The number of aliphatic imine (C=N–C) groups is 1. The fraction of sp³-hybridized carbons (Fsp3) is 0.696. The molecule has 164 valence electrons. The minimum absolute atomic E-state index is 0. The first-order chi connectivity index (χ1) is 13.7. The normalized spacial score (nSPS) is 22.4. The Hall–Kier alpha value is -0.860. The van der Waals surface area contributed by atoms with Crippen LogP contribution in [0.25, 0.3) is 0 Å². The van der Waals surface area contributed by atoms with Crippen LogP contribution in [-0.4, -0.2) is 68.2 Å². The van der Waals surface area contributed by atoms with Crippen LogP contribution >= 0.6 is 24.0 Å². The van der Waals surface area contributed by atoms with Crippen LogP contribution in [0, 0.1) is 11.8 Å². The van der Waals surface area contributed by atoms with Crippen molar-refractivity contribution in [1.82, 2.24) is 15.1 Å². The highest BCUT2D eigenvalue weighted by molar-refractivity contribution is 14.0. The molecular formula is C23H39IN4O. The van der Waals surface area contributed by atoms with Gasteiger partial charge in [-0.15, -0.1) is 24.0 Å². The van der Waals surface area contributed by atoms with E-state index in [0.29, 0.717) is 12.0 Å². The van der Waals surface area contributed by atoms with Crippen molar-refractivity contribution < 1.29 is 4.74 Å². The highest BCUT2D eigenvalue weighted by Crippen LogP contribution is 2.28. The Balaban J connectivity index is 0.00000300. The third-order valence-electron chi connectivity index (χ3n) is 5.84. The number of hydrogen-bond acceptors (Lipinski definition) is 3. The SMILES string of the molecule is CCNC(=NCC1CC(C)N(Cc2ccccc2)C1)N(C)CCOCC1CC1.I. The zero-order valence-corrected chi connectivity index (χ0v) is 20.7. The Labute approximate surface area is 194 Å². The lowest BCUT2D eigenvalue weighted by Gasteiger charge is -2.22. The molecule has 0 bridgehead atoms. The first kappa shape index (κ1) is 24.4. The summed E-state index contributed by atoms with van der Waals surface area (Å²) >= 11 is 0. The number of nitrogens with zero attached hydrogens (tertiary/aromatic N) is 3. The number of likely N-dealkylation sites (tertiary alicyclic amines) is 1. The Morgan fingerprint density at radius 3 is 2.69 bits per heavy atom. The molecule has 1 aromatic rings. The van der Waals surface area contributed by atoms with E-state index in [4.69, 9.17) is 9.73 Å². The summed E-state index contributed by atoms with van der Waals surface area (Å²) in [5.41, 5.74) is 1.40. The predicted molar refractivity (Wildman–Crippen MR) is 132 cm³/mol. The number of nitrogens with one attached hydrogen (secondary N) is 1. The third-order valence-corrected chi connectivity index (χ3v) is 5.84. The van der Waals surface area contributed by atoms with Gasteiger partial charge < -0.3 is 15.0 Å². The number of rotatable bonds is 10. The average molecular weight is 514 g/mol. The predicted octanol–water partition coefficient (Wildman–Crippen LogP) is 3.84. The Bertz CT molecular complexity index is 608. The minimum Gasteiger partial charge on any atom is -0.379 e. The summed E-state index contributed by atoms with van der Waals surface area (Å²) in [6.07, 6.45) is 3.92. The second-order valence-electron chi connectivity index (χ2n) is 8.50. The van der Waals surface area contributed by atoms with Crippen molar-refractivity contribution in [2.45, 2.75) is 45.7 Å². The first-order valence-electron chi connectivity index (χ1n) is 11.0.